The number of carbonyl (C=O) groups is 1. The van der Waals surface area contributed by atoms with Crippen LogP contribution in [-0.4, -0.2) is 30.9 Å². The minimum absolute atomic E-state index is 0.191. The van der Waals surface area contributed by atoms with Crippen molar-refractivity contribution >= 4 is 45.0 Å². The normalized spacial score (nSPS) is 14.9. The van der Waals surface area contributed by atoms with Crippen LogP contribution in [0.1, 0.15) is 36.6 Å². The van der Waals surface area contributed by atoms with E-state index in [0.717, 1.165) is 26.9 Å². The molecule has 40 heavy (non-hydrogen) atoms. The number of rotatable bonds is 8. The van der Waals surface area contributed by atoms with Gasteiger partial charge >= 0.3 is 5.97 Å². The number of aromatic nitrogens is 1. The zero-order valence-corrected chi connectivity index (χ0v) is 24.6. The lowest BCUT2D eigenvalue weighted by Gasteiger charge is -2.26. The second kappa shape index (κ2) is 12.1. The summed E-state index contributed by atoms with van der Waals surface area (Å²) < 4.78 is 19.4. The van der Waals surface area contributed by atoms with Crippen molar-refractivity contribution in [2.45, 2.75) is 19.9 Å². The van der Waals surface area contributed by atoms with E-state index in [0.29, 0.717) is 33.0 Å². The molecule has 2 heterocycles. The first-order valence-electron chi connectivity index (χ1n) is 12.8. The van der Waals surface area contributed by atoms with Crippen LogP contribution >= 0.6 is 27.3 Å². The molecule has 0 amide bonds. The van der Waals surface area contributed by atoms with Gasteiger partial charge in [-0.3, -0.25) is 9.36 Å². The van der Waals surface area contributed by atoms with E-state index in [2.05, 4.69) is 15.9 Å². The molecule has 0 saturated carbocycles. The smallest absolute Gasteiger partial charge is 0.338 e. The van der Waals surface area contributed by atoms with E-state index in [1.165, 1.54) is 11.3 Å². The molecule has 1 aliphatic rings. The lowest BCUT2D eigenvalue weighted by Crippen LogP contribution is -2.40. The summed E-state index contributed by atoms with van der Waals surface area (Å²) in [6.45, 7) is 4.42. The topological polar surface area (TPSA) is 79.1 Å². The van der Waals surface area contributed by atoms with E-state index < -0.39 is 12.0 Å². The molecule has 0 unspecified atom stereocenters. The standard InChI is InChI=1S/C31H27BrN2O5S/c1-4-38-24-16-11-19(17-23(24)32)18-25-29(35)34-28(21-12-14-22(37-3)15-13-21)26(30(36)39-5-2)27(33-31(34)40-25)20-9-7-6-8-10-20/h6-18,28H,4-5H2,1-3H3/b25-18-/t28-/m1/s1. The van der Waals surface area contributed by atoms with Gasteiger partial charge in [0.25, 0.3) is 5.56 Å². The minimum atomic E-state index is -0.745. The van der Waals surface area contributed by atoms with Gasteiger partial charge in [0.1, 0.15) is 11.5 Å². The first-order valence-corrected chi connectivity index (χ1v) is 14.4. The second-order valence-corrected chi connectivity index (χ2v) is 10.7. The summed E-state index contributed by atoms with van der Waals surface area (Å²) in [5, 5.41) is 0. The molecule has 9 heteroatoms. The van der Waals surface area contributed by atoms with E-state index >= 15 is 0 Å². The maximum Gasteiger partial charge on any atom is 0.338 e. The number of nitrogens with zero attached hydrogens (tertiary/aromatic N) is 2. The zero-order chi connectivity index (χ0) is 28.2. The average Bonchev–Trinajstić information content (AvgIpc) is 3.28. The highest BCUT2D eigenvalue weighted by Crippen LogP contribution is 2.35. The van der Waals surface area contributed by atoms with Crippen molar-refractivity contribution in [2.75, 3.05) is 20.3 Å². The van der Waals surface area contributed by atoms with Gasteiger partial charge < -0.3 is 14.2 Å². The van der Waals surface area contributed by atoms with Gasteiger partial charge in [0.05, 0.1) is 46.6 Å². The molecule has 7 nitrogen and oxygen atoms in total. The molecule has 4 aromatic rings. The number of esters is 1. The summed E-state index contributed by atoms with van der Waals surface area (Å²) in [5.74, 6) is 0.880. The largest absolute Gasteiger partial charge is 0.497 e. The summed E-state index contributed by atoms with van der Waals surface area (Å²) in [6.07, 6.45) is 1.83. The van der Waals surface area contributed by atoms with Gasteiger partial charge in [0.2, 0.25) is 0 Å². The van der Waals surface area contributed by atoms with Crippen molar-refractivity contribution in [2.24, 2.45) is 4.99 Å². The number of hydrogen-bond donors (Lipinski definition) is 0. The van der Waals surface area contributed by atoms with Crippen LogP contribution in [0.3, 0.4) is 0 Å². The number of halogens is 1. The summed E-state index contributed by atoms with van der Waals surface area (Å²) in [5.41, 5.74) is 2.87. The van der Waals surface area contributed by atoms with Crippen LogP contribution in [0.4, 0.5) is 0 Å². The highest BCUT2D eigenvalue weighted by molar-refractivity contribution is 9.10. The number of hydrogen-bond acceptors (Lipinski definition) is 7. The highest BCUT2D eigenvalue weighted by atomic mass is 79.9. The Morgan fingerprint density at radius 3 is 2.45 bits per heavy atom. The third kappa shape index (κ3) is 5.39. The Hall–Kier alpha value is -3.95. The quantitative estimate of drug-likeness (QED) is 0.257. The fourth-order valence-electron chi connectivity index (χ4n) is 4.57. The van der Waals surface area contributed by atoms with Crippen LogP contribution < -0.4 is 24.4 Å². The molecule has 0 spiro atoms. The Labute approximate surface area is 243 Å². The Morgan fingerprint density at radius 1 is 1.05 bits per heavy atom. The van der Waals surface area contributed by atoms with Gasteiger partial charge in [-0.05, 0) is 71.2 Å². The predicted molar refractivity (Wildman–Crippen MR) is 159 cm³/mol. The lowest BCUT2D eigenvalue weighted by molar-refractivity contribution is -0.138. The van der Waals surface area contributed by atoms with Crippen LogP contribution in [0.5, 0.6) is 11.5 Å². The number of methoxy groups -OCH3 is 1. The van der Waals surface area contributed by atoms with Crippen LogP contribution in [0.15, 0.2) is 92.6 Å². The highest BCUT2D eigenvalue weighted by Gasteiger charge is 2.35. The summed E-state index contributed by atoms with van der Waals surface area (Å²) in [6, 6.07) is 21.7. The minimum Gasteiger partial charge on any atom is -0.497 e. The van der Waals surface area contributed by atoms with Gasteiger partial charge in [-0.2, -0.15) is 0 Å². The lowest BCUT2D eigenvalue weighted by atomic mass is 9.93. The van der Waals surface area contributed by atoms with Crippen molar-refractivity contribution < 1.29 is 19.0 Å². The zero-order valence-electron chi connectivity index (χ0n) is 22.2. The van der Waals surface area contributed by atoms with Crippen LogP contribution in [-0.2, 0) is 9.53 Å². The Kier molecular flexibility index (Phi) is 8.32. The molecule has 0 saturated heterocycles. The Morgan fingerprint density at radius 2 is 1.80 bits per heavy atom. The molecule has 5 rings (SSSR count). The van der Waals surface area contributed by atoms with Crippen molar-refractivity contribution in [3.8, 4) is 11.5 Å². The van der Waals surface area contributed by atoms with Crippen LogP contribution in [0.25, 0.3) is 11.8 Å². The van der Waals surface area contributed by atoms with Crippen LogP contribution in [0.2, 0.25) is 0 Å². The number of benzene rings is 3. The first-order chi connectivity index (χ1) is 19.4. The van der Waals surface area contributed by atoms with E-state index in [9.17, 15) is 9.59 Å². The van der Waals surface area contributed by atoms with E-state index in [-0.39, 0.29) is 12.2 Å². The van der Waals surface area contributed by atoms with Crippen molar-refractivity contribution in [1.82, 2.24) is 4.57 Å². The average molecular weight is 620 g/mol. The number of ether oxygens (including phenoxy) is 3. The summed E-state index contributed by atoms with van der Waals surface area (Å²) in [7, 11) is 1.59. The molecule has 0 N–H and O–H groups in total. The number of fused-ring (bicyclic) bond motifs is 1. The molecule has 0 fully saturated rings. The van der Waals surface area contributed by atoms with E-state index in [1.807, 2.05) is 85.8 Å². The van der Waals surface area contributed by atoms with Crippen molar-refractivity contribution in [3.63, 3.8) is 0 Å². The number of thiazole rings is 1. The Balaban J connectivity index is 1.77. The van der Waals surface area contributed by atoms with Gasteiger partial charge in [0, 0.05) is 5.56 Å². The number of carbonyl (C=O) groups excluding carboxylic acids is 1. The fourth-order valence-corrected chi connectivity index (χ4v) is 6.08. The monoisotopic (exact) mass is 618 g/mol. The maximum atomic E-state index is 14.0. The fraction of sp³-hybridized carbons (Fsp3) is 0.194. The predicted octanol–water partition coefficient (Wildman–Crippen LogP) is 5.11. The van der Waals surface area contributed by atoms with E-state index in [1.54, 1.807) is 18.6 Å². The molecule has 204 valence electrons. The van der Waals surface area contributed by atoms with Crippen molar-refractivity contribution in [3.05, 3.63) is 119 Å². The molecule has 0 radical (unpaired) electrons. The molecule has 0 bridgehead atoms. The van der Waals surface area contributed by atoms with Gasteiger partial charge in [-0.1, -0.05) is 59.9 Å². The third-order valence-electron chi connectivity index (χ3n) is 6.36. The molecule has 1 atom stereocenters. The first kappa shape index (κ1) is 27.6. The molecule has 3 aromatic carbocycles. The SMILES string of the molecule is CCOC(=O)C1=C(c2ccccc2)N=c2s/c(=C\c3ccc(OCC)c(Br)c3)c(=O)n2[C@@H]1c1ccc(OC)cc1. The Bertz CT molecular complexity index is 1760. The molecule has 1 aliphatic heterocycles. The molecular weight excluding hydrogens is 592 g/mol. The maximum absolute atomic E-state index is 14.0. The van der Waals surface area contributed by atoms with Crippen molar-refractivity contribution in [1.29, 1.82) is 0 Å². The summed E-state index contributed by atoms with van der Waals surface area (Å²) >= 11 is 4.83. The van der Waals surface area contributed by atoms with Gasteiger partial charge in [-0.25, -0.2) is 9.79 Å². The molecule has 1 aromatic heterocycles. The van der Waals surface area contributed by atoms with Gasteiger partial charge in [0.15, 0.2) is 4.80 Å². The van der Waals surface area contributed by atoms with Gasteiger partial charge in [-0.15, -0.1) is 0 Å². The summed E-state index contributed by atoms with van der Waals surface area (Å²) in [4.78, 5) is 32.9. The molecule has 0 aliphatic carbocycles. The van der Waals surface area contributed by atoms with E-state index in [4.69, 9.17) is 19.2 Å². The second-order valence-electron chi connectivity index (χ2n) is 8.83. The molecular formula is C31H27BrN2O5S. The third-order valence-corrected chi connectivity index (χ3v) is 7.96. The van der Waals surface area contributed by atoms with Crippen LogP contribution in [0, 0.1) is 0 Å².